The van der Waals surface area contributed by atoms with Crippen molar-refractivity contribution < 1.29 is 0 Å². The first-order valence-electron chi connectivity index (χ1n) is 5.00. The molecule has 2 rings (SSSR count). The van der Waals surface area contributed by atoms with Crippen molar-refractivity contribution in [3.8, 4) is 0 Å². The lowest BCUT2D eigenvalue weighted by Gasteiger charge is -2.10. The minimum atomic E-state index is 0.931. The Balaban J connectivity index is 2.85. The first kappa shape index (κ1) is 9.07. The van der Waals surface area contributed by atoms with Gasteiger partial charge in [0, 0.05) is 11.1 Å². The zero-order chi connectivity index (χ0) is 10.1. The first-order valence-corrected chi connectivity index (χ1v) is 5.00. The molecule has 0 heterocycles. The average molecular weight is 185 g/mol. The summed E-state index contributed by atoms with van der Waals surface area (Å²) >= 11 is 0. The SMILES string of the molecule is CCc1cc2ccccc2c(N)c1C. The maximum Gasteiger partial charge on any atom is 0.0426 e. The summed E-state index contributed by atoms with van der Waals surface area (Å²) in [6.07, 6.45) is 1.04. The van der Waals surface area contributed by atoms with E-state index in [4.69, 9.17) is 5.73 Å². The van der Waals surface area contributed by atoms with E-state index in [2.05, 4.69) is 38.1 Å². The van der Waals surface area contributed by atoms with E-state index in [1.165, 1.54) is 21.9 Å². The molecule has 0 saturated carbocycles. The van der Waals surface area contributed by atoms with Crippen molar-refractivity contribution in [3.05, 3.63) is 41.5 Å². The van der Waals surface area contributed by atoms with Crippen LogP contribution in [0.2, 0.25) is 0 Å². The van der Waals surface area contributed by atoms with Gasteiger partial charge in [-0.2, -0.15) is 0 Å². The topological polar surface area (TPSA) is 26.0 Å². The zero-order valence-electron chi connectivity index (χ0n) is 8.67. The molecule has 0 saturated heterocycles. The molecular formula is C13H15N. The maximum absolute atomic E-state index is 6.09. The summed E-state index contributed by atoms with van der Waals surface area (Å²) in [6.45, 7) is 4.26. The number of nitrogen functional groups attached to an aromatic ring is 1. The fourth-order valence-corrected chi connectivity index (χ4v) is 1.91. The third-order valence-corrected chi connectivity index (χ3v) is 2.85. The first-order chi connectivity index (χ1) is 6.74. The molecule has 0 radical (unpaired) electrons. The third kappa shape index (κ3) is 1.25. The molecule has 0 aliphatic rings. The van der Waals surface area contributed by atoms with Crippen LogP contribution in [-0.2, 0) is 6.42 Å². The molecule has 1 nitrogen and oxygen atoms in total. The maximum atomic E-state index is 6.09. The van der Waals surface area contributed by atoms with Crippen LogP contribution in [0.3, 0.4) is 0 Å². The van der Waals surface area contributed by atoms with Crippen LogP contribution < -0.4 is 5.73 Å². The molecule has 0 atom stereocenters. The van der Waals surface area contributed by atoms with Crippen molar-refractivity contribution >= 4 is 16.5 Å². The number of aryl methyl sites for hydroxylation is 1. The predicted octanol–water partition coefficient (Wildman–Crippen LogP) is 3.29. The second-order valence-electron chi connectivity index (χ2n) is 3.65. The van der Waals surface area contributed by atoms with E-state index in [9.17, 15) is 0 Å². The van der Waals surface area contributed by atoms with Crippen molar-refractivity contribution in [1.29, 1.82) is 0 Å². The molecule has 0 aromatic heterocycles. The van der Waals surface area contributed by atoms with Gasteiger partial charge >= 0.3 is 0 Å². The van der Waals surface area contributed by atoms with Gasteiger partial charge < -0.3 is 5.73 Å². The minimum Gasteiger partial charge on any atom is -0.398 e. The van der Waals surface area contributed by atoms with E-state index in [-0.39, 0.29) is 0 Å². The van der Waals surface area contributed by atoms with E-state index in [1.807, 2.05) is 6.07 Å². The van der Waals surface area contributed by atoms with Crippen LogP contribution in [0.15, 0.2) is 30.3 Å². The van der Waals surface area contributed by atoms with Crippen molar-refractivity contribution in [1.82, 2.24) is 0 Å². The molecule has 0 bridgehead atoms. The molecule has 0 spiro atoms. The third-order valence-electron chi connectivity index (χ3n) is 2.85. The Morgan fingerprint density at radius 2 is 1.93 bits per heavy atom. The molecule has 2 aromatic rings. The Bertz CT molecular complexity index is 472. The summed E-state index contributed by atoms with van der Waals surface area (Å²) in [5, 5.41) is 2.41. The molecule has 1 heteroatoms. The van der Waals surface area contributed by atoms with Crippen molar-refractivity contribution in [2.75, 3.05) is 5.73 Å². The summed E-state index contributed by atoms with van der Waals surface area (Å²) in [4.78, 5) is 0. The second-order valence-corrected chi connectivity index (χ2v) is 3.65. The van der Waals surface area contributed by atoms with Gasteiger partial charge in [-0.15, -0.1) is 0 Å². The smallest absolute Gasteiger partial charge is 0.0426 e. The second kappa shape index (κ2) is 3.33. The van der Waals surface area contributed by atoms with E-state index in [0.29, 0.717) is 0 Å². The predicted molar refractivity (Wildman–Crippen MR) is 62.5 cm³/mol. The Labute approximate surface area is 84.5 Å². The van der Waals surface area contributed by atoms with Gasteiger partial charge in [0.05, 0.1) is 0 Å². The molecule has 14 heavy (non-hydrogen) atoms. The Morgan fingerprint density at radius 3 is 2.64 bits per heavy atom. The van der Waals surface area contributed by atoms with Gasteiger partial charge in [-0.1, -0.05) is 37.3 Å². The van der Waals surface area contributed by atoms with Gasteiger partial charge in [-0.05, 0) is 29.9 Å². The molecule has 0 fully saturated rings. The fourth-order valence-electron chi connectivity index (χ4n) is 1.91. The van der Waals surface area contributed by atoms with E-state index < -0.39 is 0 Å². The molecule has 2 N–H and O–H groups in total. The van der Waals surface area contributed by atoms with Crippen LogP contribution in [0, 0.1) is 6.92 Å². The standard InChI is InChI=1S/C13H15N/c1-3-10-8-11-6-4-5-7-12(11)13(14)9(10)2/h4-8H,3,14H2,1-2H3. The normalized spacial score (nSPS) is 10.7. The lowest BCUT2D eigenvalue weighted by Crippen LogP contribution is -1.96. The van der Waals surface area contributed by atoms with Gasteiger partial charge in [-0.25, -0.2) is 0 Å². The van der Waals surface area contributed by atoms with E-state index in [1.54, 1.807) is 0 Å². The van der Waals surface area contributed by atoms with E-state index >= 15 is 0 Å². The number of anilines is 1. The Kier molecular flexibility index (Phi) is 2.16. The van der Waals surface area contributed by atoms with Crippen LogP contribution >= 0.6 is 0 Å². The highest BCUT2D eigenvalue weighted by atomic mass is 14.6. The zero-order valence-corrected chi connectivity index (χ0v) is 8.67. The average Bonchev–Trinajstić information content (AvgIpc) is 2.23. The van der Waals surface area contributed by atoms with E-state index in [0.717, 1.165) is 12.1 Å². The van der Waals surface area contributed by atoms with Crippen LogP contribution in [0.5, 0.6) is 0 Å². The van der Waals surface area contributed by atoms with Crippen molar-refractivity contribution in [2.45, 2.75) is 20.3 Å². The summed E-state index contributed by atoms with van der Waals surface area (Å²) in [5.74, 6) is 0. The summed E-state index contributed by atoms with van der Waals surface area (Å²) in [7, 11) is 0. The Morgan fingerprint density at radius 1 is 1.21 bits per heavy atom. The minimum absolute atomic E-state index is 0.931. The largest absolute Gasteiger partial charge is 0.398 e. The van der Waals surface area contributed by atoms with Gasteiger partial charge in [0.25, 0.3) is 0 Å². The molecule has 72 valence electrons. The monoisotopic (exact) mass is 185 g/mol. The van der Waals surface area contributed by atoms with Gasteiger partial charge in [0.15, 0.2) is 0 Å². The van der Waals surface area contributed by atoms with Crippen LogP contribution in [0.25, 0.3) is 10.8 Å². The lowest BCUT2D eigenvalue weighted by molar-refractivity contribution is 1.12. The molecule has 0 unspecified atom stereocenters. The highest BCUT2D eigenvalue weighted by Crippen LogP contribution is 2.27. The number of hydrogen-bond donors (Lipinski definition) is 1. The van der Waals surface area contributed by atoms with Crippen LogP contribution in [0.1, 0.15) is 18.1 Å². The fraction of sp³-hybridized carbons (Fsp3) is 0.231. The van der Waals surface area contributed by atoms with Gasteiger partial charge in [0.2, 0.25) is 0 Å². The number of hydrogen-bond acceptors (Lipinski definition) is 1. The quantitative estimate of drug-likeness (QED) is 0.678. The molecule has 0 aliphatic heterocycles. The summed E-state index contributed by atoms with van der Waals surface area (Å²) in [6, 6.07) is 10.5. The molecular weight excluding hydrogens is 170 g/mol. The molecule has 0 amide bonds. The summed E-state index contributed by atoms with van der Waals surface area (Å²) in [5.41, 5.74) is 9.60. The number of benzene rings is 2. The van der Waals surface area contributed by atoms with Gasteiger partial charge in [0.1, 0.15) is 0 Å². The number of rotatable bonds is 1. The number of fused-ring (bicyclic) bond motifs is 1. The van der Waals surface area contributed by atoms with Gasteiger partial charge in [-0.3, -0.25) is 0 Å². The van der Waals surface area contributed by atoms with Crippen molar-refractivity contribution in [2.24, 2.45) is 0 Å². The Hall–Kier alpha value is -1.50. The van der Waals surface area contributed by atoms with Crippen LogP contribution in [0.4, 0.5) is 5.69 Å². The molecule has 2 aromatic carbocycles. The van der Waals surface area contributed by atoms with Crippen LogP contribution in [-0.4, -0.2) is 0 Å². The highest BCUT2D eigenvalue weighted by molar-refractivity contribution is 5.95. The summed E-state index contributed by atoms with van der Waals surface area (Å²) < 4.78 is 0. The highest BCUT2D eigenvalue weighted by Gasteiger charge is 2.04. The lowest BCUT2D eigenvalue weighted by atomic mass is 9.98. The molecule has 0 aliphatic carbocycles. The number of nitrogens with two attached hydrogens (primary N) is 1. The van der Waals surface area contributed by atoms with Crippen molar-refractivity contribution in [3.63, 3.8) is 0 Å².